The number of aromatic nitrogens is 1. The Morgan fingerprint density at radius 3 is 2.68 bits per heavy atom. The summed E-state index contributed by atoms with van der Waals surface area (Å²) in [5.74, 6) is -1.80. The summed E-state index contributed by atoms with van der Waals surface area (Å²) in [7, 11) is 0. The normalized spacial score (nSPS) is 15.5. The van der Waals surface area contributed by atoms with E-state index >= 15 is 0 Å². The van der Waals surface area contributed by atoms with E-state index in [0.29, 0.717) is 30.8 Å². The van der Waals surface area contributed by atoms with E-state index in [-0.39, 0.29) is 42.9 Å². The molecule has 8 nitrogen and oxygen atoms in total. The van der Waals surface area contributed by atoms with E-state index in [1.165, 1.54) is 18.2 Å². The van der Waals surface area contributed by atoms with Gasteiger partial charge in [0.05, 0.1) is 5.56 Å². The largest absolute Gasteiger partial charge is 0.491 e. The maximum atomic E-state index is 13.7. The van der Waals surface area contributed by atoms with Crippen LogP contribution in [0.2, 0.25) is 0 Å². The molecule has 1 atom stereocenters. The van der Waals surface area contributed by atoms with Crippen LogP contribution >= 0.6 is 0 Å². The van der Waals surface area contributed by atoms with E-state index in [1.54, 1.807) is 29.3 Å². The molecule has 0 bridgehead atoms. The van der Waals surface area contributed by atoms with Crippen molar-refractivity contribution in [3.05, 3.63) is 59.7 Å². The fourth-order valence-corrected chi connectivity index (χ4v) is 3.23. The second kappa shape index (κ2) is 11.8. The number of ether oxygens (including phenoxy) is 1. The monoisotopic (exact) mass is 431 g/mol. The molecule has 1 fully saturated rings. The number of nitrogens with two attached hydrogens (primary N) is 1. The van der Waals surface area contributed by atoms with Crippen LogP contribution in [-0.4, -0.2) is 58.9 Å². The molecule has 1 saturated heterocycles. The maximum absolute atomic E-state index is 13.7. The van der Waals surface area contributed by atoms with E-state index < -0.39 is 11.8 Å². The van der Waals surface area contributed by atoms with Gasteiger partial charge in [-0.25, -0.2) is 4.39 Å². The number of carbonyl (C=O) groups excluding carboxylic acids is 2. The quantitative estimate of drug-likeness (QED) is 0.673. The lowest BCUT2D eigenvalue weighted by molar-refractivity contribution is -0.134. The maximum Gasteiger partial charge on any atom is 0.300 e. The molecule has 3 N–H and O–H groups in total. The van der Waals surface area contributed by atoms with Crippen LogP contribution in [-0.2, 0) is 4.79 Å². The molecule has 0 aliphatic carbocycles. The molecule has 1 aliphatic heterocycles. The van der Waals surface area contributed by atoms with Gasteiger partial charge in [-0.1, -0.05) is 6.07 Å². The molecule has 31 heavy (non-hydrogen) atoms. The smallest absolute Gasteiger partial charge is 0.300 e. The number of aliphatic carboxylic acids is 1. The number of hydrogen-bond acceptors (Lipinski definition) is 6. The Bertz CT molecular complexity index is 903. The van der Waals surface area contributed by atoms with Crippen molar-refractivity contribution in [2.45, 2.75) is 19.8 Å². The predicted molar refractivity (Wildman–Crippen MR) is 111 cm³/mol. The molecule has 1 aromatic carbocycles. The lowest BCUT2D eigenvalue weighted by atomic mass is 9.91. The molecule has 0 spiro atoms. The average Bonchev–Trinajstić information content (AvgIpc) is 2.77. The Labute approximate surface area is 179 Å². The minimum absolute atomic E-state index is 0.0769. The van der Waals surface area contributed by atoms with Gasteiger partial charge in [0.25, 0.3) is 11.9 Å². The summed E-state index contributed by atoms with van der Waals surface area (Å²) in [5, 5.41) is 7.42. The fraction of sp³-hybridized carbons (Fsp3) is 0.364. The number of halogens is 1. The third-order valence-corrected chi connectivity index (χ3v) is 4.54. The first-order valence-electron chi connectivity index (χ1n) is 9.90. The number of benzene rings is 1. The van der Waals surface area contributed by atoms with Gasteiger partial charge in [0, 0.05) is 38.7 Å². The first-order chi connectivity index (χ1) is 14.8. The highest BCUT2D eigenvalue weighted by Gasteiger charge is 2.31. The Morgan fingerprint density at radius 1 is 1.29 bits per heavy atom. The van der Waals surface area contributed by atoms with Crippen molar-refractivity contribution < 1.29 is 28.6 Å². The van der Waals surface area contributed by atoms with Crippen molar-refractivity contribution >= 4 is 17.7 Å². The van der Waals surface area contributed by atoms with Crippen molar-refractivity contribution in [2.24, 2.45) is 11.7 Å². The van der Waals surface area contributed by atoms with Gasteiger partial charge in [-0.15, -0.1) is 0 Å². The van der Waals surface area contributed by atoms with Crippen LogP contribution in [0.15, 0.2) is 42.6 Å². The third kappa shape index (κ3) is 7.14. The van der Waals surface area contributed by atoms with Gasteiger partial charge in [0.2, 0.25) is 0 Å². The van der Waals surface area contributed by atoms with Crippen molar-refractivity contribution in [2.75, 3.05) is 26.2 Å². The van der Waals surface area contributed by atoms with Crippen LogP contribution in [0.4, 0.5) is 4.39 Å². The summed E-state index contributed by atoms with van der Waals surface area (Å²) in [5.41, 5.74) is 5.99. The third-order valence-electron chi connectivity index (χ3n) is 4.54. The Hall–Kier alpha value is -3.33. The minimum atomic E-state index is -0.833. The molecule has 1 amide bonds. The number of carboxylic acid groups (broad SMARTS) is 1. The number of carboxylic acids is 1. The van der Waals surface area contributed by atoms with Crippen LogP contribution in [0.25, 0.3) is 0 Å². The van der Waals surface area contributed by atoms with Gasteiger partial charge in [0.15, 0.2) is 5.78 Å². The van der Waals surface area contributed by atoms with Gasteiger partial charge in [-0.3, -0.25) is 19.4 Å². The second-order valence-corrected chi connectivity index (χ2v) is 6.97. The highest BCUT2D eigenvalue weighted by atomic mass is 19.1. The lowest BCUT2D eigenvalue weighted by Gasteiger charge is -2.32. The van der Waals surface area contributed by atoms with Crippen LogP contribution in [0.3, 0.4) is 0 Å². The highest BCUT2D eigenvalue weighted by Crippen LogP contribution is 2.26. The van der Waals surface area contributed by atoms with Crippen LogP contribution in [0.1, 0.15) is 40.6 Å². The van der Waals surface area contributed by atoms with E-state index in [0.717, 1.165) is 6.92 Å². The number of hydrogen-bond donors (Lipinski definition) is 2. The zero-order valence-corrected chi connectivity index (χ0v) is 17.3. The van der Waals surface area contributed by atoms with E-state index in [4.69, 9.17) is 20.4 Å². The Morgan fingerprint density at radius 2 is 2.03 bits per heavy atom. The molecule has 9 heteroatoms. The zero-order chi connectivity index (χ0) is 22.8. The first kappa shape index (κ1) is 23.9. The Kier molecular flexibility index (Phi) is 9.08. The zero-order valence-electron chi connectivity index (χ0n) is 17.3. The molecule has 0 radical (unpaired) electrons. The molecule has 2 aromatic rings. The number of likely N-dealkylation sites (tertiary alicyclic amines) is 1. The number of Topliss-reactive ketones (excluding diaryl/α,β-unsaturated/α-hetero) is 1. The van der Waals surface area contributed by atoms with Crippen LogP contribution in [0.5, 0.6) is 5.75 Å². The van der Waals surface area contributed by atoms with Crippen molar-refractivity contribution in [3.63, 3.8) is 0 Å². The number of amides is 1. The van der Waals surface area contributed by atoms with Gasteiger partial charge in [0.1, 0.15) is 23.9 Å². The first-order valence-corrected chi connectivity index (χ1v) is 9.90. The summed E-state index contributed by atoms with van der Waals surface area (Å²) in [6, 6.07) is 9.03. The number of ketones is 1. The van der Waals surface area contributed by atoms with E-state index in [2.05, 4.69) is 4.98 Å². The number of pyridine rings is 1. The number of carbonyl (C=O) groups is 3. The molecule has 3 rings (SSSR count). The van der Waals surface area contributed by atoms with E-state index in [1.807, 2.05) is 0 Å². The fourth-order valence-electron chi connectivity index (χ4n) is 3.23. The molecule has 1 aromatic heterocycles. The predicted octanol–water partition coefficient (Wildman–Crippen LogP) is 2.38. The van der Waals surface area contributed by atoms with Crippen LogP contribution < -0.4 is 10.5 Å². The van der Waals surface area contributed by atoms with Gasteiger partial charge in [-0.05, 0) is 43.2 Å². The summed E-state index contributed by atoms with van der Waals surface area (Å²) < 4.78 is 19.2. The summed E-state index contributed by atoms with van der Waals surface area (Å²) in [6.07, 6.45) is 2.97. The standard InChI is InChI=1S/C20H22FN3O3.C2H4O2/c21-15-6-7-18(27-11-8-22)16(12-15)20(26)24-10-3-4-14(13-24)19(25)17-5-1-2-9-23-17;1-2(3)4/h1-2,5-7,9,12,14H,3-4,8,10-11,13,22H2;1H3,(H,3,4). The topological polar surface area (TPSA) is 123 Å². The van der Waals surface area contributed by atoms with Crippen molar-refractivity contribution in [3.8, 4) is 5.75 Å². The molecule has 0 saturated carbocycles. The van der Waals surface area contributed by atoms with Gasteiger partial charge >= 0.3 is 0 Å². The molecular weight excluding hydrogens is 405 g/mol. The summed E-state index contributed by atoms with van der Waals surface area (Å²) >= 11 is 0. The molecular formula is C22H26FN3O5. The average molecular weight is 431 g/mol. The molecule has 166 valence electrons. The highest BCUT2D eigenvalue weighted by molar-refractivity contribution is 5.99. The Balaban J connectivity index is 0.000000785. The minimum Gasteiger partial charge on any atom is -0.491 e. The van der Waals surface area contributed by atoms with Gasteiger partial charge in [-0.2, -0.15) is 0 Å². The number of piperidine rings is 1. The molecule has 2 heterocycles. The van der Waals surface area contributed by atoms with Crippen molar-refractivity contribution in [1.29, 1.82) is 0 Å². The van der Waals surface area contributed by atoms with Gasteiger partial charge < -0.3 is 20.5 Å². The number of nitrogens with zero attached hydrogens (tertiary/aromatic N) is 2. The van der Waals surface area contributed by atoms with Crippen LogP contribution in [0, 0.1) is 11.7 Å². The lowest BCUT2D eigenvalue weighted by Crippen LogP contribution is -2.42. The summed E-state index contributed by atoms with van der Waals surface area (Å²) in [6.45, 7) is 2.39. The SMILES string of the molecule is CC(=O)O.NCCOc1ccc(F)cc1C(=O)N1CCCC(C(=O)c2ccccn2)C1. The van der Waals surface area contributed by atoms with Crippen molar-refractivity contribution in [1.82, 2.24) is 9.88 Å². The molecule has 1 unspecified atom stereocenters. The second-order valence-electron chi connectivity index (χ2n) is 6.97. The molecule has 1 aliphatic rings. The summed E-state index contributed by atoms with van der Waals surface area (Å²) in [4.78, 5) is 40.3. The number of rotatable bonds is 6. The van der Waals surface area contributed by atoms with E-state index in [9.17, 15) is 14.0 Å².